The van der Waals surface area contributed by atoms with E-state index in [0.29, 0.717) is 0 Å². The van der Waals surface area contributed by atoms with Crippen molar-refractivity contribution in [2.24, 2.45) is 0 Å². The quantitative estimate of drug-likeness (QED) is 0.356. The molecule has 0 bridgehead atoms. The predicted molar refractivity (Wildman–Crippen MR) is 42.7 cm³/mol. The fraction of sp³-hybridized carbons (Fsp3) is 1.00. The van der Waals surface area contributed by atoms with Gasteiger partial charge in [-0.2, -0.15) is 0 Å². The zero-order valence-corrected chi connectivity index (χ0v) is 9.07. The molecule has 0 fully saturated rings. The second kappa shape index (κ2) is 6.16. The smallest absolute Gasteiger partial charge is 0.772 e. The Balaban J connectivity index is 0. The molecule has 0 radical (unpaired) electrons. The van der Waals surface area contributed by atoms with Crippen LogP contribution in [0.25, 0.3) is 0 Å². The summed E-state index contributed by atoms with van der Waals surface area (Å²) in [5.74, 6) is -0.0673. The molecule has 0 rings (SSSR count). The average Bonchev–Trinajstić information content (AvgIpc) is 1.80. The molecular weight excluding hydrogens is 195 g/mol. The molecule has 0 aliphatic heterocycles. The van der Waals surface area contributed by atoms with Crippen molar-refractivity contribution in [1.29, 1.82) is 0 Å². The van der Waals surface area contributed by atoms with Gasteiger partial charge in [0.1, 0.15) is 9.84 Å². The molecule has 12 heavy (non-hydrogen) atoms. The Hall–Kier alpha value is 0.657. The normalized spacial score (nSPS) is 16.2. The van der Waals surface area contributed by atoms with Crippen molar-refractivity contribution in [2.75, 3.05) is 12.0 Å². The third kappa shape index (κ3) is 8.75. The second-order valence-corrected chi connectivity index (χ2v) is 6.08. The summed E-state index contributed by atoms with van der Waals surface area (Å²) in [4.78, 5) is 0. The average molecular weight is 206 g/mol. The molecule has 0 aromatic rings. The van der Waals surface area contributed by atoms with Gasteiger partial charge in [0.2, 0.25) is 0 Å². The van der Waals surface area contributed by atoms with E-state index >= 15 is 0 Å². The molecule has 68 valence electrons. The van der Waals surface area contributed by atoms with E-state index in [1.807, 2.05) is 0 Å². The van der Waals surface area contributed by atoms with Gasteiger partial charge >= 0.3 is 18.9 Å². The van der Waals surface area contributed by atoms with E-state index in [4.69, 9.17) is 0 Å². The third-order valence-corrected chi connectivity index (χ3v) is 3.09. The molecular formula is C5H11LiO4S2. The van der Waals surface area contributed by atoms with Crippen LogP contribution in [0, 0.1) is 0 Å². The van der Waals surface area contributed by atoms with Crippen molar-refractivity contribution in [1.82, 2.24) is 0 Å². The van der Waals surface area contributed by atoms with Crippen LogP contribution in [0.1, 0.15) is 13.3 Å². The van der Waals surface area contributed by atoms with Crippen molar-refractivity contribution in [2.45, 2.75) is 18.6 Å². The zero-order chi connectivity index (χ0) is 9.07. The van der Waals surface area contributed by atoms with Crippen LogP contribution in [0.3, 0.4) is 0 Å². The largest absolute Gasteiger partial charge is 1.00 e. The first-order valence-corrected chi connectivity index (χ1v) is 6.28. The van der Waals surface area contributed by atoms with E-state index in [9.17, 15) is 17.2 Å². The minimum Gasteiger partial charge on any atom is -0.772 e. The van der Waals surface area contributed by atoms with Gasteiger partial charge in [0.15, 0.2) is 0 Å². The molecule has 0 saturated heterocycles. The van der Waals surface area contributed by atoms with Crippen LogP contribution in [0.2, 0.25) is 0 Å². The second-order valence-electron chi connectivity index (χ2n) is 2.49. The van der Waals surface area contributed by atoms with Crippen molar-refractivity contribution in [3.8, 4) is 0 Å². The Morgan fingerprint density at radius 2 is 1.92 bits per heavy atom. The van der Waals surface area contributed by atoms with Crippen molar-refractivity contribution in [3.05, 3.63) is 0 Å². The molecule has 2 unspecified atom stereocenters. The van der Waals surface area contributed by atoms with Crippen LogP contribution >= 0.6 is 0 Å². The van der Waals surface area contributed by atoms with E-state index in [2.05, 4.69) is 0 Å². The molecule has 2 atom stereocenters. The molecule has 7 heteroatoms. The molecule has 0 heterocycles. The van der Waals surface area contributed by atoms with E-state index < -0.39 is 26.2 Å². The molecule has 0 N–H and O–H groups in total. The van der Waals surface area contributed by atoms with Crippen LogP contribution in [0.15, 0.2) is 0 Å². The van der Waals surface area contributed by atoms with Gasteiger partial charge in [0.25, 0.3) is 0 Å². The summed E-state index contributed by atoms with van der Waals surface area (Å²) in [6.45, 7) is 1.48. The summed E-state index contributed by atoms with van der Waals surface area (Å²) in [6, 6.07) is 0. The van der Waals surface area contributed by atoms with Gasteiger partial charge in [-0.15, -0.1) is 0 Å². The van der Waals surface area contributed by atoms with Gasteiger partial charge in [-0.25, -0.2) is 8.42 Å². The molecule has 0 aromatic carbocycles. The maximum Gasteiger partial charge on any atom is 1.00 e. The summed E-state index contributed by atoms with van der Waals surface area (Å²) in [5.41, 5.74) is 0. The number of rotatable bonds is 4. The molecule has 4 nitrogen and oxygen atoms in total. The third-order valence-electron chi connectivity index (χ3n) is 1.22. The first-order valence-electron chi connectivity index (χ1n) is 3.08. The van der Waals surface area contributed by atoms with Gasteiger partial charge in [0.05, 0.1) is 5.75 Å². The number of hydrogen-bond acceptors (Lipinski definition) is 4. The van der Waals surface area contributed by atoms with Crippen LogP contribution in [0.4, 0.5) is 0 Å². The topological polar surface area (TPSA) is 74.3 Å². The molecule has 0 spiro atoms. The van der Waals surface area contributed by atoms with Gasteiger partial charge in [-0.3, -0.25) is 4.21 Å². The molecule has 0 aliphatic carbocycles. The van der Waals surface area contributed by atoms with Gasteiger partial charge in [0, 0.05) is 11.5 Å². The standard InChI is InChI=1S/C5H12O4S2.Li/c1-5(10(6)7)3-4-11(2,8)9;/h5H,3-4H2,1-2H3,(H,6,7);/q;+1/p-1. The summed E-state index contributed by atoms with van der Waals surface area (Å²) in [5, 5.41) is -0.579. The van der Waals surface area contributed by atoms with E-state index in [1.54, 1.807) is 0 Å². The number of sulfone groups is 1. The van der Waals surface area contributed by atoms with Gasteiger partial charge in [-0.05, 0) is 6.42 Å². The zero-order valence-electron chi connectivity index (χ0n) is 7.44. The van der Waals surface area contributed by atoms with Crippen molar-refractivity contribution >= 4 is 20.9 Å². The van der Waals surface area contributed by atoms with Crippen molar-refractivity contribution < 1.29 is 36.0 Å². The molecule has 0 amide bonds. The maximum atomic E-state index is 10.6. The Bertz CT molecular complexity index is 236. The van der Waals surface area contributed by atoms with E-state index in [-0.39, 0.29) is 31.0 Å². The first kappa shape index (κ1) is 15.1. The van der Waals surface area contributed by atoms with Crippen LogP contribution in [-0.2, 0) is 20.9 Å². The summed E-state index contributed by atoms with van der Waals surface area (Å²) < 4.78 is 41.6. The minimum absolute atomic E-state index is 0. The monoisotopic (exact) mass is 206 g/mol. The van der Waals surface area contributed by atoms with Crippen molar-refractivity contribution in [3.63, 3.8) is 0 Å². The maximum absolute atomic E-state index is 10.6. The minimum atomic E-state index is -3.03. The van der Waals surface area contributed by atoms with E-state index in [1.165, 1.54) is 6.92 Å². The fourth-order valence-electron chi connectivity index (χ4n) is 0.476. The Labute approximate surface area is 87.5 Å². The number of hydrogen-bond donors (Lipinski definition) is 0. The van der Waals surface area contributed by atoms with Crippen LogP contribution in [-0.4, -0.2) is 34.4 Å². The Morgan fingerprint density at radius 1 is 1.50 bits per heavy atom. The SMILES string of the molecule is CC(CCS(C)(=O)=O)S(=O)[O-].[Li+]. The van der Waals surface area contributed by atoms with Crippen LogP contribution < -0.4 is 18.9 Å². The molecule has 0 saturated carbocycles. The van der Waals surface area contributed by atoms with Gasteiger partial charge < -0.3 is 4.55 Å². The van der Waals surface area contributed by atoms with E-state index in [0.717, 1.165) is 6.26 Å². The summed E-state index contributed by atoms with van der Waals surface area (Å²) in [7, 11) is -3.03. The first-order chi connectivity index (χ1) is 4.83. The summed E-state index contributed by atoms with van der Waals surface area (Å²) >= 11 is -2.16. The summed E-state index contributed by atoms with van der Waals surface area (Å²) in [6.07, 6.45) is 1.27. The molecule has 0 aliphatic rings. The Kier molecular flexibility index (Phi) is 7.78. The predicted octanol–water partition coefficient (Wildman–Crippen LogP) is -3.31. The van der Waals surface area contributed by atoms with Gasteiger partial charge in [-0.1, -0.05) is 18.0 Å². The fourth-order valence-corrected chi connectivity index (χ4v) is 1.72. The Morgan fingerprint density at radius 3 is 2.17 bits per heavy atom. The van der Waals surface area contributed by atoms with Crippen LogP contribution in [0.5, 0.6) is 0 Å². The molecule has 0 aromatic heterocycles.